The van der Waals surface area contributed by atoms with Crippen LogP contribution < -0.4 is 5.56 Å². The van der Waals surface area contributed by atoms with Gasteiger partial charge in [-0.1, -0.05) is 6.08 Å². The molecule has 0 aliphatic heterocycles. The third kappa shape index (κ3) is 1.60. The first-order valence-electron chi connectivity index (χ1n) is 4.33. The average molecular weight is 188 g/mol. The van der Waals surface area contributed by atoms with Gasteiger partial charge in [-0.05, 0) is 25.0 Å². The lowest BCUT2D eigenvalue weighted by atomic mass is 10.1. The van der Waals surface area contributed by atoms with Gasteiger partial charge in [0.15, 0.2) is 0 Å². The Bertz CT molecular complexity index is 463. The number of hydrogen-bond acceptors (Lipinski definition) is 2. The number of pyridine rings is 1. The van der Waals surface area contributed by atoms with E-state index in [-0.39, 0.29) is 11.1 Å². The van der Waals surface area contributed by atoms with Gasteiger partial charge in [0, 0.05) is 12.7 Å². The van der Waals surface area contributed by atoms with Crippen LogP contribution in [0.1, 0.15) is 16.7 Å². The van der Waals surface area contributed by atoms with Crippen LogP contribution in [0.3, 0.4) is 0 Å². The number of aryl methyl sites for hydroxylation is 1. The number of nitrogens with zero attached hydrogens (tertiary/aromatic N) is 2. The summed E-state index contributed by atoms with van der Waals surface area (Å²) in [7, 11) is 0. The molecule has 1 rings (SSSR count). The van der Waals surface area contributed by atoms with Crippen LogP contribution in [-0.4, -0.2) is 4.57 Å². The highest BCUT2D eigenvalue weighted by molar-refractivity contribution is 5.38. The maximum atomic E-state index is 11.7. The first kappa shape index (κ1) is 10.3. The topological polar surface area (TPSA) is 45.8 Å². The lowest BCUT2D eigenvalue weighted by Crippen LogP contribution is -2.23. The Balaban J connectivity index is 3.52. The zero-order valence-electron chi connectivity index (χ0n) is 8.37. The molecule has 0 fully saturated rings. The number of allylic oxidation sites excluding steroid dienone is 1. The van der Waals surface area contributed by atoms with Crippen molar-refractivity contribution in [1.29, 1.82) is 5.26 Å². The van der Waals surface area contributed by atoms with E-state index in [2.05, 4.69) is 6.58 Å². The Morgan fingerprint density at radius 3 is 2.79 bits per heavy atom. The van der Waals surface area contributed by atoms with Crippen LogP contribution in [0.5, 0.6) is 0 Å². The summed E-state index contributed by atoms with van der Waals surface area (Å²) in [5, 5.41) is 8.83. The van der Waals surface area contributed by atoms with E-state index in [1.165, 1.54) is 4.57 Å². The van der Waals surface area contributed by atoms with Gasteiger partial charge in [-0.3, -0.25) is 4.79 Å². The maximum Gasteiger partial charge on any atom is 0.269 e. The van der Waals surface area contributed by atoms with Gasteiger partial charge in [-0.25, -0.2) is 0 Å². The molecule has 14 heavy (non-hydrogen) atoms. The van der Waals surface area contributed by atoms with Crippen LogP contribution in [0.15, 0.2) is 23.6 Å². The molecule has 3 heteroatoms. The molecule has 0 amide bonds. The number of hydrogen-bond donors (Lipinski definition) is 0. The Hall–Kier alpha value is -1.82. The van der Waals surface area contributed by atoms with Gasteiger partial charge in [0.25, 0.3) is 5.56 Å². The average Bonchev–Trinajstić information content (AvgIpc) is 2.16. The van der Waals surface area contributed by atoms with Crippen LogP contribution in [0.25, 0.3) is 0 Å². The van der Waals surface area contributed by atoms with Crippen molar-refractivity contribution in [3.63, 3.8) is 0 Å². The van der Waals surface area contributed by atoms with E-state index < -0.39 is 0 Å². The fraction of sp³-hybridized carbons (Fsp3) is 0.273. The maximum absolute atomic E-state index is 11.7. The summed E-state index contributed by atoms with van der Waals surface area (Å²) in [5.74, 6) is 0. The van der Waals surface area contributed by atoms with E-state index in [1.54, 1.807) is 19.2 Å². The van der Waals surface area contributed by atoms with Crippen molar-refractivity contribution in [2.45, 2.75) is 20.4 Å². The van der Waals surface area contributed by atoms with E-state index in [4.69, 9.17) is 5.26 Å². The molecule has 0 spiro atoms. The summed E-state index contributed by atoms with van der Waals surface area (Å²) >= 11 is 0. The SMILES string of the molecule is C=CCn1cc(C)c(C)c(C#N)c1=O. The highest BCUT2D eigenvalue weighted by Crippen LogP contribution is 2.07. The van der Waals surface area contributed by atoms with Gasteiger partial charge in [-0.2, -0.15) is 5.26 Å². The van der Waals surface area contributed by atoms with Crippen molar-refractivity contribution in [1.82, 2.24) is 4.57 Å². The van der Waals surface area contributed by atoms with Crippen LogP contribution in [0, 0.1) is 25.2 Å². The fourth-order valence-corrected chi connectivity index (χ4v) is 1.30. The van der Waals surface area contributed by atoms with E-state index in [1.807, 2.05) is 13.0 Å². The molecule has 72 valence electrons. The molecular weight excluding hydrogens is 176 g/mol. The molecular formula is C11H12N2O. The molecule has 0 aliphatic rings. The highest BCUT2D eigenvalue weighted by Gasteiger charge is 2.08. The molecule has 0 aromatic carbocycles. The van der Waals surface area contributed by atoms with Crippen molar-refractivity contribution in [3.8, 4) is 6.07 Å². The van der Waals surface area contributed by atoms with Gasteiger partial charge in [-0.15, -0.1) is 6.58 Å². The van der Waals surface area contributed by atoms with Gasteiger partial charge in [0.2, 0.25) is 0 Å². The smallest absolute Gasteiger partial charge is 0.269 e. The summed E-state index contributed by atoms with van der Waals surface area (Å²) < 4.78 is 1.49. The first-order valence-corrected chi connectivity index (χ1v) is 4.33. The van der Waals surface area contributed by atoms with E-state index in [0.717, 1.165) is 11.1 Å². The van der Waals surface area contributed by atoms with E-state index >= 15 is 0 Å². The summed E-state index contributed by atoms with van der Waals surface area (Å²) in [6, 6.07) is 1.94. The van der Waals surface area contributed by atoms with Gasteiger partial charge < -0.3 is 4.57 Å². The minimum absolute atomic E-state index is 0.229. The summed E-state index contributed by atoms with van der Waals surface area (Å²) in [4.78, 5) is 11.7. The molecule has 3 nitrogen and oxygen atoms in total. The Morgan fingerprint density at radius 2 is 2.29 bits per heavy atom. The van der Waals surface area contributed by atoms with Crippen LogP contribution in [-0.2, 0) is 6.54 Å². The molecule has 1 aromatic heterocycles. The van der Waals surface area contributed by atoms with Crippen molar-refractivity contribution < 1.29 is 0 Å². The van der Waals surface area contributed by atoms with Crippen molar-refractivity contribution in [2.24, 2.45) is 0 Å². The van der Waals surface area contributed by atoms with Gasteiger partial charge in [0.1, 0.15) is 11.6 Å². The van der Waals surface area contributed by atoms with Crippen LogP contribution in [0.4, 0.5) is 0 Å². The van der Waals surface area contributed by atoms with Crippen molar-refractivity contribution in [2.75, 3.05) is 0 Å². The van der Waals surface area contributed by atoms with Gasteiger partial charge in [0.05, 0.1) is 0 Å². The molecule has 0 saturated heterocycles. The molecule has 0 radical (unpaired) electrons. The second-order valence-electron chi connectivity index (χ2n) is 3.17. The molecule has 1 heterocycles. The van der Waals surface area contributed by atoms with E-state index in [0.29, 0.717) is 6.54 Å². The minimum Gasteiger partial charge on any atom is -0.310 e. The molecule has 0 aliphatic carbocycles. The lowest BCUT2D eigenvalue weighted by molar-refractivity contribution is 0.767. The largest absolute Gasteiger partial charge is 0.310 e. The second kappa shape index (κ2) is 3.93. The van der Waals surface area contributed by atoms with Gasteiger partial charge >= 0.3 is 0 Å². The Labute approximate surface area is 82.9 Å². The predicted octanol–water partition coefficient (Wildman–Crippen LogP) is 1.52. The number of rotatable bonds is 2. The summed E-state index contributed by atoms with van der Waals surface area (Å²) in [6.07, 6.45) is 3.39. The quantitative estimate of drug-likeness (QED) is 0.660. The zero-order valence-corrected chi connectivity index (χ0v) is 8.37. The number of nitriles is 1. The van der Waals surface area contributed by atoms with Crippen molar-refractivity contribution in [3.05, 3.63) is 45.9 Å². The number of aromatic nitrogens is 1. The monoisotopic (exact) mass is 188 g/mol. The van der Waals surface area contributed by atoms with Crippen LogP contribution in [0.2, 0.25) is 0 Å². The molecule has 0 unspecified atom stereocenters. The molecule has 0 bridgehead atoms. The predicted molar refractivity (Wildman–Crippen MR) is 55.1 cm³/mol. The molecule has 1 aromatic rings. The minimum atomic E-state index is -0.240. The van der Waals surface area contributed by atoms with Crippen LogP contribution >= 0.6 is 0 Å². The summed E-state index contributed by atoms with van der Waals surface area (Å²) in [6.45, 7) is 7.67. The summed E-state index contributed by atoms with van der Waals surface area (Å²) in [5.41, 5.74) is 1.70. The van der Waals surface area contributed by atoms with E-state index in [9.17, 15) is 4.79 Å². The Kier molecular flexibility index (Phi) is 2.88. The molecule has 0 saturated carbocycles. The highest BCUT2D eigenvalue weighted by atomic mass is 16.1. The first-order chi connectivity index (χ1) is 6.61. The Morgan fingerprint density at radius 1 is 1.64 bits per heavy atom. The molecule has 0 N–H and O–H groups in total. The second-order valence-corrected chi connectivity index (χ2v) is 3.17. The third-order valence-electron chi connectivity index (χ3n) is 2.23. The third-order valence-corrected chi connectivity index (χ3v) is 2.23. The zero-order chi connectivity index (χ0) is 10.7. The lowest BCUT2D eigenvalue weighted by Gasteiger charge is -2.07. The van der Waals surface area contributed by atoms with Crippen molar-refractivity contribution >= 4 is 0 Å². The standard InChI is InChI=1S/C11H12N2O/c1-4-5-13-7-8(2)9(3)10(6-12)11(13)14/h4,7H,1,5H2,2-3H3. The fourth-order valence-electron chi connectivity index (χ4n) is 1.30. The molecule has 0 atom stereocenters. The normalized spacial score (nSPS) is 9.50.